The Labute approximate surface area is 124 Å². The van der Waals surface area contributed by atoms with Crippen LogP contribution in [0.25, 0.3) is 0 Å². The Hall–Kier alpha value is -0.910. The number of ether oxygens (including phenoxy) is 1. The lowest BCUT2D eigenvalue weighted by Gasteiger charge is -2.17. The van der Waals surface area contributed by atoms with Gasteiger partial charge in [0.2, 0.25) is 0 Å². The molecule has 1 unspecified atom stereocenters. The number of rotatable bonds is 5. The second-order valence-corrected chi connectivity index (χ2v) is 6.69. The number of thiophene rings is 1. The van der Waals surface area contributed by atoms with Gasteiger partial charge in [0.05, 0.1) is 10.9 Å². The van der Waals surface area contributed by atoms with Crippen LogP contribution in [0.2, 0.25) is 0 Å². The molecule has 0 radical (unpaired) electrons. The molecule has 0 aliphatic carbocycles. The summed E-state index contributed by atoms with van der Waals surface area (Å²) >= 11 is 5.11. The van der Waals surface area contributed by atoms with E-state index in [1.54, 1.807) is 23.5 Å². The molecule has 19 heavy (non-hydrogen) atoms. The SMILES string of the molecule is CNC(Cc1ccc(Br)s1)c1ccc(OC)cc1F. The molecule has 0 bridgehead atoms. The summed E-state index contributed by atoms with van der Waals surface area (Å²) in [6.07, 6.45) is 0.760. The highest BCUT2D eigenvalue weighted by Crippen LogP contribution is 2.29. The van der Waals surface area contributed by atoms with Crippen molar-refractivity contribution in [3.05, 3.63) is 50.4 Å². The van der Waals surface area contributed by atoms with Crippen molar-refractivity contribution in [1.29, 1.82) is 0 Å². The molecule has 2 aromatic rings. The van der Waals surface area contributed by atoms with E-state index in [1.165, 1.54) is 18.1 Å². The van der Waals surface area contributed by atoms with E-state index in [1.807, 2.05) is 13.1 Å². The van der Waals surface area contributed by atoms with Crippen molar-refractivity contribution in [3.63, 3.8) is 0 Å². The first-order chi connectivity index (χ1) is 9.13. The van der Waals surface area contributed by atoms with Gasteiger partial charge in [0.25, 0.3) is 0 Å². The molecule has 0 aliphatic rings. The molecule has 2 nitrogen and oxygen atoms in total. The average molecular weight is 344 g/mol. The maximum absolute atomic E-state index is 14.1. The molecular formula is C14H15BrFNOS. The number of benzene rings is 1. The first-order valence-corrected chi connectivity index (χ1v) is 7.50. The molecule has 1 aromatic carbocycles. The summed E-state index contributed by atoms with van der Waals surface area (Å²) in [5.74, 6) is 0.296. The number of nitrogens with one attached hydrogen (secondary N) is 1. The largest absolute Gasteiger partial charge is 0.497 e. The Morgan fingerprint density at radius 3 is 2.68 bits per heavy atom. The molecule has 1 atom stereocenters. The van der Waals surface area contributed by atoms with E-state index in [0.717, 1.165) is 10.2 Å². The topological polar surface area (TPSA) is 21.3 Å². The second-order valence-electron chi connectivity index (χ2n) is 4.14. The van der Waals surface area contributed by atoms with Crippen LogP contribution in [0, 0.1) is 5.82 Å². The van der Waals surface area contributed by atoms with Gasteiger partial charge in [-0.1, -0.05) is 6.07 Å². The lowest BCUT2D eigenvalue weighted by atomic mass is 10.0. The molecular weight excluding hydrogens is 329 g/mol. The van der Waals surface area contributed by atoms with Crippen LogP contribution in [0.15, 0.2) is 34.1 Å². The standard InChI is InChI=1S/C14H15BrFNOS/c1-17-13(8-10-4-6-14(15)19-10)11-5-3-9(18-2)7-12(11)16/h3-7,13,17H,8H2,1-2H3. The number of halogens is 2. The van der Waals surface area contributed by atoms with Crippen LogP contribution in [0.3, 0.4) is 0 Å². The highest BCUT2D eigenvalue weighted by atomic mass is 79.9. The first-order valence-electron chi connectivity index (χ1n) is 5.89. The highest BCUT2D eigenvalue weighted by molar-refractivity contribution is 9.11. The van der Waals surface area contributed by atoms with Crippen LogP contribution in [0.5, 0.6) is 5.75 Å². The van der Waals surface area contributed by atoms with Gasteiger partial charge in [0, 0.05) is 29.0 Å². The van der Waals surface area contributed by atoms with E-state index in [-0.39, 0.29) is 11.9 Å². The Morgan fingerprint density at radius 2 is 2.16 bits per heavy atom. The van der Waals surface area contributed by atoms with Gasteiger partial charge in [0.15, 0.2) is 0 Å². The molecule has 0 saturated carbocycles. The zero-order valence-corrected chi connectivity index (χ0v) is 13.1. The predicted molar refractivity (Wildman–Crippen MR) is 80.5 cm³/mol. The van der Waals surface area contributed by atoms with Crippen molar-refractivity contribution in [3.8, 4) is 5.75 Å². The van der Waals surface area contributed by atoms with Crippen molar-refractivity contribution in [2.24, 2.45) is 0 Å². The summed E-state index contributed by atoms with van der Waals surface area (Å²) < 4.78 is 20.2. The van der Waals surface area contributed by atoms with E-state index < -0.39 is 0 Å². The van der Waals surface area contributed by atoms with Gasteiger partial charge in [-0.15, -0.1) is 11.3 Å². The van der Waals surface area contributed by atoms with Gasteiger partial charge >= 0.3 is 0 Å². The van der Waals surface area contributed by atoms with Crippen molar-refractivity contribution >= 4 is 27.3 Å². The molecule has 0 amide bonds. The van der Waals surface area contributed by atoms with Crippen LogP contribution < -0.4 is 10.1 Å². The van der Waals surface area contributed by atoms with Crippen molar-refractivity contribution in [2.45, 2.75) is 12.5 Å². The van der Waals surface area contributed by atoms with Gasteiger partial charge in [-0.05, 0) is 41.2 Å². The monoisotopic (exact) mass is 343 g/mol. The fourth-order valence-electron chi connectivity index (χ4n) is 1.95. The smallest absolute Gasteiger partial charge is 0.131 e. The summed E-state index contributed by atoms with van der Waals surface area (Å²) in [5.41, 5.74) is 0.660. The summed E-state index contributed by atoms with van der Waals surface area (Å²) in [6, 6.07) is 9.00. The normalized spacial score (nSPS) is 12.4. The molecule has 0 spiro atoms. The number of hydrogen-bond donors (Lipinski definition) is 1. The maximum atomic E-state index is 14.1. The predicted octanol–water partition coefficient (Wildman–Crippen LogP) is 4.16. The molecule has 1 N–H and O–H groups in total. The first kappa shape index (κ1) is 14.5. The maximum Gasteiger partial charge on any atom is 0.131 e. The summed E-state index contributed by atoms with van der Waals surface area (Å²) in [4.78, 5) is 1.21. The summed E-state index contributed by atoms with van der Waals surface area (Å²) in [6.45, 7) is 0. The van der Waals surface area contributed by atoms with Gasteiger partial charge < -0.3 is 10.1 Å². The third-order valence-electron chi connectivity index (χ3n) is 2.97. The van der Waals surface area contributed by atoms with Crippen molar-refractivity contribution in [1.82, 2.24) is 5.32 Å². The minimum Gasteiger partial charge on any atom is -0.497 e. The lowest BCUT2D eigenvalue weighted by Crippen LogP contribution is -2.19. The van der Waals surface area contributed by atoms with E-state index in [9.17, 15) is 4.39 Å². The third-order valence-corrected chi connectivity index (χ3v) is 4.61. The van der Waals surface area contributed by atoms with E-state index in [0.29, 0.717) is 11.3 Å². The van der Waals surface area contributed by atoms with Crippen molar-refractivity contribution in [2.75, 3.05) is 14.2 Å². The molecule has 102 valence electrons. The minimum absolute atomic E-state index is 0.0449. The molecule has 0 saturated heterocycles. The van der Waals surface area contributed by atoms with Gasteiger partial charge in [-0.3, -0.25) is 0 Å². The Morgan fingerprint density at radius 1 is 1.37 bits per heavy atom. The zero-order valence-electron chi connectivity index (χ0n) is 10.7. The minimum atomic E-state index is -0.241. The third kappa shape index (κ3) is 3.55. The molecule has 5 heteroatoms. The Kier molecular flexibility index (Phi) is 4.96. The molecule has 1 aromatic heterocycles. The average Bonchev–Trinajstić information content (AvgIpc) is 2.81. The number of methoxy groups -OCH3 is 1. The molecule has 2 rings (SSSR count). The van der Waals surface area contributed by atoms with Gasteiger partial charge in [0.1, 0.15) is 11.6 Å². The van der Waals surface area contributed by atoms with Crippen LogP contribution in [-0.2, 0) is 6.42 Å². The quantitative estimate of drug-likeness (QED) is 0.879. The van der Waals surface area contributed by atoms with Crippen LogP contribution in [0.4, 0.5) is 4.39 Å². The zero-order chi connectivity index (χ0) is 13.8. The van der Waals surface area contributed by atoms with Crippen LogP contribution in [-0.4, -0.2) is 14.2 Å². The van der Waals surface area contributed by atoms with Gasteiger partial charge in [-0.2, -0.15) is 0 Å². The van der Waals surface area contributed by atoms with Crippen LogP contribution >= 0.6 is 27.3 Å². The van der Waals surface area contributed by atoms with Crippen LogP contribution in [0.1, 0.15) is 16.5 Å². The Balaban J connectivity index is 2.21. The lowest BCUT2D eigenvalue weighted by molar-refractivity contribution is 0.409. The molecule has 0 aliphatic heterocycles. The number of likely N-dealkylation sites (N-methyl/N-ethyl adjacent to an activating group) is 1. The van der Waals surface area contributed by atoms with E-state index in [4.69, 9.17) is 4.74 Å². The van der Waals surface area contributed by atoms with Crippen molar-refractivity contribution < 1.29 is 9.13 Å². The number of hydrogen-bond acceptors (Lipinski definition) is 3. The summed E-state index contributed by atoms with van der Waals surface area (Å²) in [7, 11) is 3.38. The Bertz CT molecular complexity index is 558. The second kappa shape index (κ2) is 6.50. The fourth-order valence-corrected chi connectivity index (χ4v) is 3.48. The highest BCUT2D eigenvalue weighted by Gasteiger charge is 2.16. The fraction of sp³-hybridized carbons (Fsp3) is 0.286. The summed E-state index contributed by atoms with van der Waals surface area (Å²) in [5, 5.41) is 3.16. The van der Waals surface area contributed by atoms with E-state index in [2.05, 4.69) is 27.3 Å². The molecule has 1 heterocycles. The van der Waals surface area contributed by atoms with Gasteiger partial charge in [-0.25, -0.2) is 4.39 Å². The molecule has 0 fully saturated rings. The van der Waals surface area contributed by atoms with E-state index >= 15 is 0 Å².